The molecule has 0 saturated heterocycles. The van der Waals surface area contributed by atoms with Gasteiger partial charge in [-0.2, -0.15) is 5.10 Å². The van der Waals surface area contributed by atoms with Crippen molar-refractivity contribution in [3.63, 3.8) is 0 Å². The molecular formula is C18H15N5S. The standard InChI is InChI=1S/C18H15N5S/c1-3-14(11-17(4-1)23-10-2-9-20-23)12-19-16-7-5-15(6-8-16)18-13-24-22-21-18/h1-11,13,19H,12H2. The van der Waals surface area contributed by atoms with Gasteiger partial charge in [-0.3, -0.25) is 0 Å². The number of hydrogen-bond acceptors (Lipinski definition) is 5. The Bertz CT molecular complexity index is 899. The van der Waals surface area contributed by atoms with Crippen molar-refractivity contribution in [3.05, 3.63) is 77.9 Å². The molecule has 0 aliphatic carbocycles. The molecule has 0 atom stereocenters. The minimum atomic E-state index is 0.757. The van der Waals surface area contributed by atoms with E-state index in [-0.39, 0.29) is 0 Å². The van der Waals surface area contributed by atoms with Gasteiger partial charge in [-0.05, 0) is 47.4 Å². The number of hydrogen-bond donors (Lipinski definition) is 1. The molecule has 2 heterocycles. The van der Waals surface area contributed by atoms with Crippen LogP contribution in [0.2, 0.25) is 0 Å². The van der Waals surface area contributed by atoms with Crippen molar-refractivity contribution >= 4 is 17.2 Å². The SMILES string of the molecule is c1cc(CNc2ccc(-c3csnn3)cc2)cc(-n2cccn2)c1. The van der Waals surface area contributed by atoms with E-state index in [0.29, 0.717) is 0 Å². The third kappa shape index (κ3) is 3.18. The topological polar surface area (TPSA) is 55.6 Å². The van der Waals surface area contributed by atoms with Crippen molar-refractivity contribution in [2.45, 2.75) is 6.54 Å². The summed E-state index contributed by atoms with van der Waals surface area (Å²) in [7, 11) is 0. The summed E-state index contributed by atoms with van der Waals surface area (Å²) in [5.74, 6) is 0. The highest BCUT2D eigenvalue weighted by molar-refractivity contribution is 7.03. The maximum absolute atomic E-state index is 4.27. The van der Waals surface area contributed by atoms with E-state index in [4.69, 9.17) is 0 Å². The fourth-order valence-electron chi connectivity index (χ4n) is 2.48. The summed E-state index contributed by atoms with van der Waals surface area (Å²) in [6.07, 6.45) is 3.73. The second-order valence-electron chi connectivity index (χ2n) is 5.34. The van der Waals surface area contributed by atoms with Gasteiger partial charge < -0.3 is 5.32 Å². The number of aromatic nitrogens is 4. The molecule has 118 valence electrons. The summed E-state index contributed by atoms with van der Waals surface area (Å²) in [5.41, 5.74) is 5.33. The minimum absolute atomic E-state index is 0.757. The predicted octanol–water partition coefficient (Wildman–Crippen LogP) is 4.00. The Labute approximate surface area is 143 Å². The quantitative estimate of drug-likeness (QED) is 0.600. The smallest absolute Gasteiger partial charge is 0.105 e. The third-order valence-electron chi connectivity index (χ3n) is 3.72. The van der Waals surface area contributed by atoms with Crippen LogP contribution in [0, 0.1) is 0 Å². The Hall–Kier alpha value is -2.99. The van der Waals surface area contributed by atoms with E-state index in [2.05, 4.69) is 56.4 Å². The van der Waals surface area contributed by atoms with Gasteiger partial charge in [0.15, 0.2) is 0 Å². The summed E-state index contributed by atoms with van der Waals surface area (Å²) in [6.45, 7) is 0.757. The number of rotatable bonds is 5. The molecule has 1 N–H and O–H groups in total. The fraction of sp³-hybridized carbons (Fsp3) is 0.0556. The first kappa shape index (κ1) is 14.6. The van der Waals surface area contributed by atoms with Gasteiger partial charge in [0.1, 0.15) is 5.69 Å². The number of nitrogens with one attached hydrogen (secondary N) is 1. The summed E-state index contributed by atoms with van der Waals surface area (Å²) >= 11 is 1.36. The molecule has 24 heavy (non-hydrogen) atoms. The number of nitrogens with zero attached hydrogens (tertiary/aromatic N) is 4. The molecular weight excluding hydrogens is 318 g/mol. The van der Waals surface area contributed by atoms with E-state index in [9.17, 15) is 0 Å². The maximum atomic E-state index is 4.27. The van der Waals surface area contributed by atoms with E-state index < -0.39 is 0 Å². The molecule has 0 fully saturated rings. The zero-order chi connectivity index (χ0) is 16.2. The first-order valence-electron chi connectivity index (χ1n) is 7.59. The van der Waals surface area contributed by atoms with Crippen LogP contribution in [0.25, 0.3) is 16.9 Å². The molecule has 0 saturated carbocycles. The van der Waals surface area contributed by atoms with Crippen molar-refractivity contribution in [1.82, 2.24) is 19.4 Å². The molecule has 0 radical (unpaired) electrons. The number of anilines is 1. The summed E-state index contributed by atoms with van der Waals surface area (Å²) < 4.78 is 5.76. The molecule has 2 aromatic carbocycles. The van der Waals surface area contributed by atoms with Crippen LogP contribution in [0.3, 0.4) is 0 Å². The van der Waals surface area contributed by atoms with Crippen molar-refractivity contribution in [2.75, 3.05) is 5.32 Å². The molecule has 0 amide bonds. The first-order chi connectivity index (χ1) is 11.9. The van der Waals surface area contributed by atoms with Crippen LogP contribution in [0.1, 0.15) is 5.56 Å². The van der Waals surface area contributed by atoms with Gasteiger partial charge >= 0.3 is 0 Å². The first-order valence-corrected chi connectivity index (χ1v) is 8.42. The highest BCUT2D eigenvalue weighted by atomic mass is 32.1. The Balaban J connectivity index is 1.44. The molecule has 2 aromatic heterocycles. The number of benzene rings is 2. The molecule has 0 unspecified atom stereocenters. The lowest BCUT2D eigenvalue weighted by atomic mass is 10.1. The van der Waals surface area contributed by atoms with Gasteiger partial charge in [-0.1, -0.05) is 28.8 Å². The molecule has 0 bridgehead atoms. The average Bonchev–Trinajstić information content (AvgIpc) is 3.34. The molecule has 5 nitrogen and oxygen atoms in total. The van der Waals surface area contributed by atoms with E-state index >= 15 is 0 Å². The lowest BCUT2D eigenvalue weighted by Crippen LogP contribution is -2.01. The van der Waals surface area contributed by atoms with E-state index in [1.54, 1.807) is 6.20 Å². The third-order valence-corrected chi connectivity index (χ3v) is 4.22. The van der Waals surface area contributed by atoms with Crippen LogP contribution in [-0.4, -0.2) is 19.4 Å². The Morgan fingerprint density at radius 1 is 1.04 bits per heavy atom. The predicted molar refractivity (Wildman–Crippen MR) is 96.2 cm³/mol. The van der Waals surface area contributed by atoms with Crippen molar-refractivity contribution in [1.29, 1.82) is 0 Å². The van der Waals surface area contributed by atoms with Gasteiger partial charge in [-0.25, -0.2) is 4.68 Å². The van der Waals surface area contributed by atoms with Gasteiger partial charge in [0.05, 0.1) is 5.69 Å². The maximum Gasteiger partial charge on any atom is 0.105 e. The van der Waals surface area contributed by atoms with Crippen LogP contribution in [0.15, 0.2) is 72.4 Å². The zero-order valence-corrected chi connectivity index (χ0v) is 13.6. The van der Waals surface area contributed by atoms with Crippen molar-refractivity contribution in [3.8, 4) is 16.9 Å². The normalized spacial score (nSPS) is 10.7. The van der Waals surface area contributed by atoms with Crippen molar-refractivity contribution in [2.24, 2.45) is 0 Å². The molecule has 0 aliphatic rings. The van der Waals surface area contributed by atoms with E-state index in [1.807, 2.05) is 34.5 Å². The van der Waals surface area contributed by atoms with Crippen molar-refractivity contribution < 1.29 is 0 Å². The molecule has 6 heteroatoms. The Morgan fingerprint density at radius 3 is 2.71 bits per heavy atom. The lowest BCUT2D eigenvalue weighted by Gasteiger charge is -2.09. The van der Waals surface area contributed by atoms with Gasteiger partial charge in [0, 0.05) is 35.6 Å². The lowest BCUT2D eigenvalue weighted by molar-refractivity contribution is 0.877. The molecule has 0 aliphatic heterocycles. The molecule has 4 aromatic rings. The largest absolute Gasteiger partial charge is 0.381 e. The van der Waals surface area contributed by atoms with Crippen LogP contribution in [0.4, 0.5) is 5.69 Å². The second kappa shape index (κ2) is 6.64. The average molecular weight is 333 g/mol. The van der Waals surface area contributed by atoms with E-state index in [1.165, 1.54) is 17.1 Å². The Morgan fingerprint density at radius 2 is 1.96 bits per heavy atom. The summed E-state index contributed by atoms with van der Waals surface area (Å²) in [4.78, 5) is 0. The Kier molecular flexibility index (Phi) is 4.04. The van der Waals surface area contributed by atoms with Crippen LogP contribution in [-0.2, 0) is 6.54 Å². The minimum Gasteiger partial charge on any atom is -0.381 e. The second-order valence-corrected chi connectivity index (χ2v) is 5.95. The summed E-state index contributed by atoms with van der Waals surface area (Å²) in [6, 6.07) is 18.5. The van der Waals surface area contributed by atoms with Crippen LogP contribution >= 0.6 is 11.5 Å². The molecule has 0 spiro atoms. The highest BCUT2D eigenvalue weighted by Gasteiger charge is 2.02. The molecule has 4 rings (SSSR count). The van der Waals surface area contributed by atoms with Gasteiger partial charge in [0.2, 0.25) is 0 Å². The van der Waals surface area contributed by atoms with Gasteiger partial charge in [0.25, 0.3) is 0 Å². The fourth-order valence-corrected chi connectivity index (χ4v) is 2.95. The monoisotopic (exact) mass is 333 g/mol. The van der Waals surface area contributed by atoms with Gasteiger partial charge in [-0.15, -0.1) is 5.10 Å². The van der Waals surface area contributed by atoms with Crippen LogP contribution in [0.5, 0.6) is 0 Å². The highest BCUT2D eigenvalue weighted by Crippen LogP contribution is 2.20. The van der Waals surface area contributed by atoms with E-state index in [0.717, 1.165) is 29.2 Å². The summed E-state index contributed by atoms with van der Waals surface area (Å²) in [5, 5.41) is 13.7. The zero-order valence-electron chi connectivity index (χ0n) is 12.8. The van der Waals surface area contributed by atoms with Crippen LogP contribution < -0.4 is 5.32 Å².